The highest BCUT2D eigenvalue weighted by molar-refractivity contribution is 5.73. The normalized spacial score (nSPS) is 26.0. The molecule has 8 N–H and O–H groups in total. The number of ether oxygens (including phenoxy) is 8. The average Bonchev–Trinajstić information content (AvgIpc) is 1.62. The number of carbonyl (C=O) groups is 4. The van der Waals surface area contributed by atoms with Crippen LogP contribution in [0.15, 0.2) is 72.8 Å². The molecule has 4 aromatic carbocycles. The number of hydrogen-bond acceptors (Lipinski definition) is 20. The van der Waals surface area contributed by atoms with Crippen molar-refractivity contribution in [1.82, 2.24) is 0 Å². The number of rotatable bonds is 48. The molecule has 0 aliphatic heterocycles. The molecule has 20 heteroatoms. The summed E-state index contributed by atoms with van der Waals surface area (Å²) in [6, 6.07) is 24.3. The number of benzene rings is 4. The van der Waals surface area contributed by atoms with E-state index in [4.69, 9.17) is 37.9 Å². The zero-order valence-corrected chi connectivity index (χ0v) is 82.1. The molecule has 732 valence electrons. The Morgan fingerprint density at radius 2 is 0.531 bits per heavy atom. The second-order valence-corrected chi connectivity index (χ2v) is 41.1. The van der Waals surface area contributed by atoms with Crippen LogP contribution in [0.4, 0.5) is 0 Å². The largest absolute Gasteiger partial charge is 0.482 e. The third-order valence-electron chi connectivity index (χ3n) is 31.0. The lowest BCUT2D eigenvalue weighted by Gasteiger charge is -2.32. The van der Waals surface area contributed by atoms with Crippen LogP contribution in [0, 0.1) is 82.9 Å². The molecule has 0 bridgehead atoms. The van der Waals surface area contributed by atoms with Gasteiger partial charge in [0.2, 0.25) is 0 Å². The molecular formula is C110H172O20. The predicted octanol–water partition coefficient (Wildman–Crippen LogP) is 19.9. The van der Waals surface area contributed by atoms with Gasteiger partial charge in [0.15, 0.2) is 26.4 Å². The van der Waals surface area contributed by atoms with Crippen molar-refractivity contribution in [2.45, 2.75) is 414 Å². The zero-order chi connectivity index (χ0) is 94.1. The van der Waals surface area contributed by atoms with E-state index in [-0.39, 0.29) is 159 Å². The van der Waals surface area contributed by atoms with Gasteiger partial charge in [-0.15, -0.1) is 0 Å². The van der Waals surface area contributed by atoms with Gasteiger partial charge in [-0.2, -0.15) is 0 Å². The Bertz CT molecular complexity index is 3740. The fraction of sp³-hybridized carbons (Fsp3) is 0.745. The van der Waals surface area contributed by atoms with Gasteiger partial charge < -0.3 is 78.7 Å². The lowest BCUT2D eigenvalue weighted by atomic mass is 9.73. The van der Waals surface area contributed by atoms with E-state index in [1.807, 2.05) is 118 Å². The third-order valence-corrected chi connectivity index (χ3v) is 31.0. The third kappa shape index (κ3) is 32.4. The van der Waals surface area contributed by atoms with Crippen LogP contribution in [0.25, 0.3) is 0 Å². The Balaban J connectivity index is 0.000000195. The summed E-state index contributed by atoms with van der Waals surface area (Å²) in [5.74, 6) is 6.78. The standard InChI is InChI=1S/2C28H44O5.2C27H42O5/c2*1-5-6-7-10-22(29)12-13-23-24-14-20-9-8-11-27(25(20)15-21(24)16-26(23)30)32-17-28(31)33-19(4)18(2)3;2*1-4-6-7-10-21(28)12-13-22-23-14-19-9-8-11-26(24(19)15-20(23)16-25(22)29)31-17-27(30)32-18(3)5-2/h2*8-9,11,18-19,21-24,26,29-30H,5-7,10,12-17H2,1-4H3;2*8-9,11,18,20-23,25,28-29H,4-7,10,12-17H2,1-3H3/t19-,21+,22+,23-,24+,26-;19-,21-,22-,23+,24-,26+;18-,20+,21+,22-,23+,25-;18-,20-,21-,22+,23-,25+/m1010/s1. The number of aliphatic hydroxyl groups excluding tert-OH is 8. The topological polar surface area (TPSA) is 304 Å². The summed E-state index contributed by atoms with van der Waals surface area (Å²) >= 11 is 0. The average molecular weight is 1810 g/mol. The molecule has 0 radical (unpaired) electrons. The van der Waals surface area contributed by atoms with Gasteiger partial charge in [0, 0.05) is 0 Å². The maximum absolute atomic E-state index is 12.2. The molecule has 0 saturated heterocycles. The van der Waals surface area contributed by atoms with Crippen LogP contribution in [0.2, 0.25) is 0 Å². The second-order valence-electron chi connectivity index (χ2n) is 41.1. The van der Waals surface area contributed by atoms with Crippen molar-refractivity contribution < 1.29 is 97.9 Å². The molecule has 0 unspecified atom stereocenters. The number of hydrogen-bond donors (Lipinski definition) is 8. The number of unbranched alkanes of at least 4 members (excludes halogenated alkanes) is 8. The van der Waals surface area contributed by atoms with Crippen molar-refractivity contribution in [3.8, 4) is 23.0 Å². The monoisotopic (exact) mass is 1810 g/mol. The summed E-state index contributed by atoms with van der Waals surface area (Å²) in [5.41, 5.74) is 9.77. The molecule has 24 atom stereocenters. The lowest BCUT2D eigenvalue weighted by molar-refractivity contribution is -0.153. The summed E-state index contributed by atoms with van der Waals surface area (Å²) in [4.78, 5) is 48.4. The van der Waals surface area contributed by atoms with Gasteiger partial charge >= 0.3 is 23.9 Å². The summed E-state index contributed by atoms with van der Waals surface area (Å²) in [7, 11) is 0. The molecule has 4 fully saturated rings. The Morgan fingerprint density at radius 1 is 0.308 bits per heavy atom. The van der Waals surface area contributed by atoms with Crippen LogP contribution < -0.4 is 18.9 Å². The highest BCUT2D eigenvalue weighted by atomic mass is 16.6. The fourth-order valence-corrected chi connectivity index (χ4v) is 22.4. The van der Waals surface area contributed by atoms with E-state index in [2.05, 4.69) is 52.0 Å². The van der Waals surface area contributed by atoms with Gasteiger partial charge in [-0.25, -0.2) is 19.2 Å². The molecule has 8 aliphatic rings. The van der Waals surface area contributed by atoms with Crippen LogP contribution in [-0.2, 0) is 89.5 Å². The van der Waals surface area contributed by atoms with Gasteiger partial charge in [-0.05, 0) is 346 Å². The van der Waals surface area contributed by atoms with Crippen molar-refractivity contribution in [2.75, 3.05) is 26.4 Å². The molecule has 12 rings (SSSR count). The first kappa shape index (κ1) is 107. The van der Waals surface area contributed by atoms with E-state index in [1.165, 1.54) is 95.9 Å². The van der Waals surface area contributed by atoms with Crippen molar-refractivity contribution in [1.29, 1.82) is 0 Å². The minimum absolute atomic E-state index is 0.0734. The van der Waals surface area contributed by atoms with E-state index in [0.717, 1.165) is 216 Å². The van der Waals surface area contributed by atoms with Gasteiger partial charge in [-0.3, -0.25) is 0 Å². The molecule has 0 spiro atoms. The van der Waals surface area contributed by atoms with E-state index >= 15 is 0 Å². The van der Waals surface area contributed by atoms with Crippen molar-refractivity contribution >= 4 is 23.9 Å². The van der Waals surface area contributed by atoms with Gasteiger partial charge in [-0.1, -0.05) is 195 Å². The molecular weight excluding hydrogens is 1640 g/mol. The highest BCUT2D eigenvalue weighted by Gasteiger charge is 2.50. The number of aliphatic hydroxyl groups is 8. The van der Waals surface area contributed by atoms with E-state index in [0.29, 0.717) is 47.3 Å². The first-order chi connectivity index (χ1) is 62.4. The highest BCUT2D eigenvalue weighted by Crippen LogP contribution is 2.53. The zero-order valence-electron chi connectivity index (χ0n) is 82.1. The smallest absolute Gasteiger partial charge is 0.344 e. The molecule has 0 heterocycles. The quantitative estimate of drug-likeness (QED) is 0.0116. The predicted molar refractivity (Wildman–Crippen MR) is 512 cm³/mol. The molecule has 0 aromatic heterocycles. The fourth-order valence-electron chi connectivity index (χ4n) is 22.4. The maximum atomic E-state index is 12.2. The Kier molecular flexibility index (Phi) is 45.4. The number of fused-ring (bicyclic) bond motifs is 8. The van der Waals surface area contributed by atoms with E-state index in [1.54, 1.807) is 0 Å². The number of carbonyl (C=O) groups excluding carboxylic acids is 4. The van der Waals surface area contributed by atoms with Crippen LogP contribution in [-0.4, -0.2) is 164 Å². The Morgan fingerprint density at radius 3 is 0.738 bits per heavy atom. The van der Waals surface area contributed by atoms with E-state index in [9.17, 15) is 60.0 Å². The van der Waals surface area contributed by atoms with E-state index < -0.39 is 0 Å². The SMILES string of the molecule is CCCCC[C@H](O)CC[C@@H]1[C@H]2Cc3cccc(OCC(=O)O[C@@H](C)C(C)C)c3C[C@H]2C[C@H]1O.CCCCC[C@H](O)CC[C@@H]1[C@H]2Cc3cccc(OCC(=O)O[C@@H](C)CC)c3C[C@H]2C[C@H]1O.CCCCC[C@H](O)CC[C@@H]1[C@H]2Cc3cccc(OCC(=O)O[C@H](C)C(C)C)c3C[C@H]2C[C@H]1O.CCCCC[C@H](O)CC[C@@H]1[C@H]2Cc3cccc(OCC(=O)O[C@H](C)CC)c3C[C@H]2C[C@H]1O. The van der Waals surface area contributed by atoms with Crippen molar-refractivity contribution in [3.63, 3.8) is 0 Å². The summed E-state index contributed by atoms with van der Waals surface area (Å²) < 4.78 is 45.1. The van der Waals surface area contributed by atoms with Crippen molar-refractivity contribution in [3.05, 3.63) is 117 Å². The van der Waals surface area contributed by atoms with Crippen LogP contribution in [0.5, 0.6) is 23.0 Å². The molecule has 8 aliphatic carbocycles. The van der Waals surface area contributed by atoms with Gasteiger partial charge in [0.05, 0.1) is 61.0 Å². The first-order valence-corrected chi connectivity index (χ1v) is 51.6. The molecule has 20 nitrogen and oxygen atoms in total. The minimum Gasteiger partial charge on any atom is -0.482 e. The first-order valence-electron chi connectivity index (χ1n) is 51.6. The maximum Gasteiger partial charge on any atom is 0.344 e. The minimum atomic E-state index is -0.337. The lowest BCUT2D eigenvalue weighted by Crippen LogP contribution is -2.28. The second kappa shape index (κ2) is 55.0. The van der Waals surface area contributed by atoms with Crippen LogP contribution >= 0.6 is 0 Å². The molecule has 130 heavy (non-hydrogen) atoms. The van der Waals surface area contributed by atoms with Gasteiger partial charge in [0.25, 0.3) is 0 Å². The number of esters is 4. The van der Waals surface area contributed by atoms with Crippen LogP contribution in [0.3, 0.4) is 0 Å². The van der Waals surface area contributed by atoms with Crippen molar-refractivity contribution in [2.24, 2.45) is 82.9 Å². The van der Waals surface area contributed by atoms with Gasteiger partial charge in [0.1, 0.15) is 35.2 Å². The summed E-state index contributed by atoms with van der Waals surface area (Å²) in [6.45, 7) is 28.1. The molecule has 4 saturated carbocycles. The van der Waals surface area contributed by atoms with Crippen LogP contribution in [0.1, 0.15) is 334 Å². The summed E-state index contributed by atoms with van der Waals surface area (Å²) in [6.07, 6.45) is 33.2. The summed E-state index contributed by atoms with van der Waals surface area (Å²) in [5, 5.41) is 84.7. The molecule has 4 aromatic rings. The Hall–Kier alpha value is -6.36. The molecule has 0 amide bonds. The Labute approximate surface area is 781 Å².